The summed E-state index contributed by atoms with van der Waals surface area (Å²) in [6.07, 6.45) is -3.69. The fourth-order valence-electron chi connectivity index (χ4n) is 2.38. The molecule has 0 unspecified atom stereocenters. The zero-order valence-corrected chi connectivity index (χ0v) is 18.1. The van der Waals surface area contributed by atoms with Gasteiger partial charge in [-0.15, -0.1) is 0 Å². The topological polar surface area (TPSA) is 26.3 Å². The lowest BCUT2D eigenvalue weighted by Gasteiger charge is -2.33. The second kappa shape index (κ2) is 6.28. The molecular formula is C18H29Cl2O2P. The lowest BCUT2D eigenvalue weighted by Crippen LogP contribution is -2.22. The standard InChI is InChI=1S/C18H29Cl2O2P/c1-16(2,3)12-10-13(17(4,5)6)15(22-23(19,20)21)14(11-12)18(7,8)9/h10-11H,1-9H3. The summed E-state index contributed by atoms with van der Waals surface area (Å²) in [5.41, 5.74) is 2.75. The Labute approximate surface area is 150 Å². The van der Waals surface area contributed by atoms with Crippen molar-refractivity contribution in [3.05, 3.63) is 28.8 Å². The summed E-state index contributed by atoms with van der Waals surface area (Å²) < 4.78 is 17.5. The Hall–Kier alpha value is -0.170. The zero-order valence-electron chi connectivity index (χ0n) is 15.7. The first-order valence-corrected chi connectivity index (χ1v) is 11.2. The van der Waals surface area contributed by atoms with Gasteiger partial charge in [0.05, 0.1) is 0 Å². The number of halogens is 2. The van der Waals surface area contributed by atoms with E-state index in [9.17, 15) is 4.57 Å². The van der Waals surface area contributed by atoms with Crippen LogP contribution in [0.25, 0.3) is 0 Å². The highest BCUT2D eigenvalue weighted by molar-refractivity contribution is 8.05. The zero-order chi connectivity index (χ0) is 18.4. The van der Waals surface area contributed by atoms with E-state index in [1.54, 1.807) is 0 Å². The highest BCUT2D eigenvalue weighted by Crippen LogP contribution is 2.59. The minimum Gasteiger partial charge on any atom is -0.422 e. The Bertz CT molecular complexity index is 591. The van der Waals surface area contributed by atoms with Crippen LogP contribution in [0.4, 0.5) is 0 Å². The molecule has 1 aromatic carbocycles. The average Bonchev–Trinajstić information content (AvgIpc) is 2.21. The molecule has 0 fully saturated rings. The fourth-order valence-corrected chi connectivity index (χ4v) is 3.20. The van der Waals surface area contributed by atoms with E-state index in [0.717, 1.165) is 11.1 Å². The minimum atomic E-state index is -3.69. The van der Waals surface area contributed by atoms with E-state index in [1.165, 1.54) is 5.56 Å². The van der Waals surface area contributed by atoms with E-state index in [2.05, 4.69) is 74.4 Å². The third kappa shape index (κ3) is 5.69. The number of hydrogen-bond acceptors (Lipinski definition) is 2. The van der Waals surface area contributed by atoms with Crippen molar-refractivity contribution in [3.63, 3.8) is 0 Å². The number of rotatable bonds is 2. The van der Waals surface area contributed by atoms with E-state index in [1.807, 2.05) is 0 Å². The predicted octanol–water partition coefficient (Wildman–Crippen LogP) is 7.54. The molecule has 0 aliphatic rings. The molecule has 0 saturated heterocycles. The van der Waals surface area contributed by atoms with Crippen molar-refractivity contribution in [2.75, 3.05) is 0 Å². The Morgan fingerprint density at radius 2 is 1.13 bits per heavy atom. The summed E-state index contributed by atoms with van der Waals surface area (Å²) in [4.78, 5) is 0. The van der Waals surface area contributed by atoms with Crippen LogP contribution in [0.1, 0.15) is 79.0 Å². The van der Waals surface area contributed by atoms with Crippen LogP contribution in [0.15, 0.2) is 12.1 Å². The summed E-state index contributed by atoms with van der Waals surface area (Å²) in [7, 11) is 0. The second-order valence-electron chi connectivity index (χ2n) is 9.16. The fraction of sp³-hybridized carbons (Fsp3) is 0.667. The molecule has 0 aromatic heterocycles. The molecule has 0 aliphatic carbocycles. The molecular weight excluding hydrogens is 350 g/mol. The van der Waals surface area contributed by atoms with Crippen molar-refractivity contribution >= 4 is 28.6 Å². The van der Waals surface area contributed by atoms with Gasteiger partial charge >= 0.3 is 6.07 Å². The van der Waals surface area contributed by atoms with Crippen molar-refractivity contribution in [1.29, 1.82) is 0 Å². The minimum absolute atomic E-state index is 0.00977. The van der Waals surface area contributed by atoms with Crippen LogP contribution in [0.3, 0.4) is 0 Å². The summed E-state index contributed by atoms with van der Waals surface area (Å²) in [5, 5.41) is 0. The Morgan fingerprint density at radius 1 is 0.783 bits per heavy atom. The van der Waals surface area contributed by atoms with Crippen LogP contribution >= 0.6 is 28.6 Å². The average molecular weight is 379 g/mol. The second-order valence-corrected chi connectivity index (χ2v) is 13.4. The van der Waals surface area contributed by atoms with Crippen LogP contribution in [-0.2, 0) is 20.8 Å². The molecule has 2 nitrogen and oxygen atoms in total. The van der Waals surface area contributed by atoms with Crippen molar-refractivity contribution in [1.82, 2.24) is 0 Å². The van der Waals surface area contributed by atoms with E-state index in [0.29, 0.717) is 5.75 Å². The molecule has 132 valence electrons. The monoisotopic (exact) mass is 378 g/mol. The summed E-state index contributed by atoms with van der Waals surface area (Å²) in [5.74, 6) is 0.548. The van der Waals surface area contributed by atoms with Gasteiger partial charge in [-0.05, 0) is 21.8 Å². The first-order valence-electron chi connectivity index (χ1n) is 7.81. The van der Waals surface area contributed by atoms with Gasteiger partial charge in [-0.3, -0.25) is 0 Å². The maximum atomic E-state index is 11.9. The molecule has 23 heavy (non-hydrogen) atoms. The molecule has 0 saturated carbocycles. The largest absolute Gasteiger partial charge is 0.428 e. The van der Waals surface area contributed by atoms with Gasteiger partial charge in [0.1, 0.15) is 5.75 Å². The van der Waals surface area contributed by atoms with E-state index < -0.39 is 6.07 Å². The van der Waals surface area contributed by atoms with Crippen molar-refractivity contribution in [3.8, 4) is 5.75 Å². The van der Waals surface area contributed by atoms with Crippen LogP contribution in [0.2, 0.25) is 0 Å². The van der Waals surface area contributed by atoms with E-state index in [-0.39, 0.29) is 16.2 Å². The van der Waals surface area contributed by atoms with E-state index in [4.69, 9.17) is 27.0 Å². The van der Waals surface area contributed by atoms with Gasteiger partial charge in [0.25, 0.3) is 0 Å². The summed E-state index contributed by atoms with van der Waals surface area (Å²) in [6.45, 7) is 19.1. The van der Waals surface area contributed by atoms with Crippen LogP contribution in [-0.4, -0.2) is 0 Å². The highest BCUT2D eigenvalue weighted by atomic mass is 35.9. The smallest absolute Gasteiger partial charge is 0.422 e. The SMILES string of the molecule is CC(C)(C)c1cc(C(C)(C)C)c(OP(=O)(Cl)Cl)c(C(C)(C)C)c1. The molecule has 0 bridgehead atoms. The molecule has 0 spiro atoms. The first kappa shape index (κ1) is 20.9. The van der Waals surface area contributed by atoms with Gasteiger partial charge in [0.2, 0.25) is 0 Å². The Morgan fingerprint density at radius 3 is 1.35 bits per heavy atom. The third-order valence-corrected chi connectivity index (χ3v) is 4.58. The molecule has 5 heteroatoms. The van der Waals surface area contributed by atoms with Crippen molar-refractivity contribution in [2.24, 2.45) is 0 Å². The summed E-state index contributed by atoms with van der Waals surface area (Å²) >= 11 is 11.5. The third-order valence-electron chi connectivity index (χ3n) is 3.77. The van der Waals surface area contributed by atoms with Gasteiger partial charge in [0, 0.05) is 33.6 Å². The van der Waals surface area contributed by atoms with Crippen LogP contribution < -0.4 is 4.52 Å². The Balaban J connectivity index is 3.86. The maximum Gasteiger partial charge on any atom is 0.428 e. The van der Waals surface area contributed by atoms with Gasteiger partial charge in [-0.1, -0.05) is 74.4 Å². The molecule has 0 atom stereocenters. The van der Waals surface area contributed by atoms with Crippen LogP contribution in [0.5, 0.6) is 5.75 Å². The van der Waals surface area contributed by atoms with Crippen LogP contribution in [0, 0.1) is 0 Å². The predicted molar refractivity (Wildman–Crippen MR) is 102 cm³/mol. The molecule has 0 N–H and O–H groups in total. The number of benzene rings is 1. The van der Waals surface area contributed by atoms with Gasteiger partial charge in [-0.25, -0.2) is 4.57 Å². The normalized spacial score (nSPS) is 14.0. The van der Waals surface area contributed by atoms with E-state index >= 15 is 0 Å². The van der Waals surface area contributed by atoms with Crippen molar-refractivity contribution in [2.45, 2.75) is 78.6 Å². The quantitative estimate of drug-likeness (QED) is 0.496. The number of hydrogen-bond donors (Lipinski definition) is 0. The Kier molecular flexibility index (Phi) is 5.70. The molecule has 0 radical (unpaired) electrons. The lowest BCUT2D eigenvalue weighted by atomic mass is 9.75. The molecule has 0 aliphatic heterocycles. The molecule has 0 amide bonds. The molecule has 1 rings (SSSR count). The maximum absolute atomic E-state index is 11.9. The van der Waals surface area contributed by atoms with Gasteiger partial charge in [0.15, 0.2) is 0 Å². The molecule has 0 heterocycles. The molecule has 1 aromatic rings. The first-order chi connectivity index (χ1) is 9.93. The van der Waals surface area contributed by atoms with Gasteiger partial charge < -0.3 is 4.52 Å². The van der Waals surface area contributed by atoms with Gasteiger partial charge in [-0.2, -0.15) is 0 Å². The summed E-state index contributed by atoms with van der Waals surface area (Å²) in [6, 6.07) is 4.24. The highest BCUT2D eigenvalue weighted by Gasteiger charge is 2.32. The van der Waals surface area contributed by atoms with Crippen molar-refractivity contribution < 1.29 is 9.09 Å². The lowest BCUT2D eigenvalue weighted by molar-refractivity contribution is 0.469.